The third-order valence-electron chi connectivity index (χ3n) is 5.63. The molecule has 3 aromatic rings. The van der Waals surface area contributed by atoms with Crippen LogP contribution in [0.1, 0.15) is 25.3 Å². The van der Waals surface area contributed by atoms with E-state index in [0.29, 0.717) is 19.1 Å². The van der Waals surface area contributed by atoms with E-state index in [1.54, 1.807) is 21.5 Å². The van der Waals surface area contributed by atoms with E-state index in [-0.39, 0.29) is 29.5 Å². The van der Waals surface area contributed by atoms with E-state index in [1.807, 2.05) is 6.92 Å². The van der Waals surface area contributed by atoms with E-state index >= 15 is 0 Å². The minimum atomic E-state index is -0.857. The number of aryl methyl sites for hydroxylation is 1. The molecule has 0 bridgehead atoms. The van der Waals surface area contributed by atoms with E-state index in [2.05, 4.69) is 15.0 Å². The molecule has 31 heavy (non-hydrogen) atoms. The Morgan fingerprint density at radius 1 is 1.23 bits per heavy atom. The summed E-state index contributed by atoms with van der Waals surface area (Å²) in [5.74, 6) is -1.06. The fourth-order valence-corrected chi connectivity index (χ4v) is 4.13. The number of anilines is 1. The van der Waals surface area contributed by atoms with Gasteiger partial charge in [-0.15, -0.1) is 0 Å². The standard InChI is InChI=1S/C21H21F2N5O3/c1-2-26-11-15(9-24-26)31-20-16(22)6-13(7-17(20)23)12-30-18-8-19-27-5-3-4-14(27)10-28(19)21(29)25-18/h6-9,11,14H,2-5,10,12H2,1H3. The molecule has 1 fully saturated rings. The molecule has 4 heterocycles. The lowest BCUT2D eigenvalue weighted by Crippen LogP contribution is -2.24. The second kappa shape index (κ2) is 7.68. The molecule has 0 saturated carbocycles. The molecule has 2 aliphatic rings. The molecule has 0 aliphatic carbocycles. The Kier molecular flexibility index (Phi) is 4.84. The van der Waals surface area contributed by atoms with E-state index < -0.39 is 17.4 Å². The lowest BCUT2D eigenvalue weighted by atomic mass is 10.2. The number of rotatable bonds is 6. The van der Waals surface area contributed by atoms with Gasteiger partial charge in [0.05, 0.1) is 12.4 Å². The molecule has 0 N–H and O–H groups in total. The topological polar surface area (TPSA) is 74.4 Å². The Morgan fingerprint density at radius 2 is 2.03 bits per heavy atom. The van der Waals surface area contributed by atoms with Crippen LogP contribution in [0.25, 0.3) is 0 Å². The molecule has 8 nitrogen and oxygen atoms in total. The molecule has 5 rings (SSSR count). The molecule has 1 saturated heterocycles. The monoisotopic (exact) mass is 429 g/mol. The zero-order valence-electron chi connectivity index (χ0n) is 16.9. The summed E-state index contributed by atoms with van der Waals surface area (Å²) < 4.78 is 43.1. The number of hydrogen-bond acceptors (Lipinski definition) is 6. The van der Waals surface area contributed by atoms with Crippen LogP contribution in [0.15, 0.2) is 35.4 Å². The normalized spacial score (nSPS) is 17.0. The van der Waals surface area contributed by atoms with Crippen LogP contribution in [0.2, 0.25) is 0 Å². The quantitative estimate of drug-likeness (QED) is 0.600. The first-order valence-corrected chi connectivity index (χ1v) is 10.2. The summed E-state index contributed by atoms with van der Waals surface area (Å²) in [7, 11) is 0. The highest BCUT2D eigenvalue weighted by Crippen LogP contribution is 2.33. The highest BCUT2D eigenvalue weighted by atomic mass is 19.1. The summed E-state index contributed by atoms with van der Waals surface area (Å²) in [4.78, 5) is 18.5. The third kappa shape index (κ3) is 3.62. The average molecular weight is 429 g/mol. The molecule has 2 aromatic heterocycles. The van der Waals surface area contributed by atoms with Crippen molar-refractivity contribution in [1.82, 2.24) is 19.3 Å². The summed E-state index contributed by atoms with van der Waals surface area (Å²) in [6.07, 6.45) is 5.08. The van der Waals surface area contributed by atoms with Crippen molar-refractivity contribution in [2.24, 2.45) is 0 Å². The van der Waals surface area contributed by atoms with Crippen LogP contribution in [0.5, 0.6) is 17.4 Å². The van der Waals surface area contributed by atoms with Gasteiger partial charge in [0.15, 0.2) is 23.1 Å². The third-order valence-corrected chi connectivity index (χ3v) is 5.63. The van der Waals surface area contributed by atoms with Gasteiger partial charge in [-0.1, -0.05) is 0 Å². The van der Waals surface area contributed by atoms with Gasteiger partial charge in [0.1, 0.15) is 12.4 Å². The Morgan fingerprint density at radius 3 is 2.77 bits per heavy atom. The smallest absolute Gasteiger partial charge is 0.352 e. The Labute approximate surface area is 176 Å². The number of halogens is 2. The summed E-state index contributed by atoms with van der Waals surface area (Å²) in [6, 6.07) is 4.31. The number of hydrogen-bond donors (Lipinski definition) is 0. The van der Waals surface area contributed by atoms with Crippen LogP contribution in [0.3, 0.4) is 0 Å². The summed E-state index contributed by atoms with van der Waals surface area (Å²) >= 11 is 0. The van der Waals surface area contributed by atoms with Crippen LogP contribution >= 0.6 is 0 Å². The highest BCUT2D eigenvalue weighted by molar-refractivity contribution is 5.48. The molecule has 0 radical (unpaired) electrons. The van der Waals surface area contributed by atoms with Crippen molar-refractivity contribution in [3.63, 3.8) is 0 Å². The Bertz CT molecular complexity index is 1170. The number of fused-ring (bicyclic) bond motifs is 3. The van der Waals surface area contributed by atoms with Crippen LogP contribution in [0, 0.1) is 11.6 Å². The maximum Gasteiger partial charge on any atom is 0.352 e. The zero-order chi connectivity index (χ0) is 21.5. The fourth-order valence-electron chi connectivity index (χ4n) is 4.13. The van der Waals surface area contributed by atoms with Gasteiger partial charge in [0.25, 0.3) is 0 Å². The molecule has 162 valence electrons. The van der Waals surface area contributed by atoms with Crippen molar-refractivity contribution in [3.8, 4) is 17.4 Å². The SMILES string of the molecule is CCn1cc(Oc2c(F)cc(COc3cc4n(c(=O)n3)CC3CCCN43)cc2F)cn1. The predicted molar refractivity (Wildman–Crippen MR) is 108 cm³/mol. The lowest BCUT2D eigenvalue weighted by Gasteiger charge is -2.17. The predicted octanol–water partition coefficient (Wildman–Crippen LogP) is 3.09. The minimum Gasteiger partial charge on any atom is -0.473 e. The van der Waals surface area contributed by atoms with Gasteiger partial charge in [0, 0.05) is 31.7 Å². The molecule has 0 amide bonds. The highest BCUT2D eigenvalue weighted by Gasteiger charge is 2.34. The zero-order valence-corrected chi connectivity index (χ0v) is 16.9. The van der Waals surface area contributed by atoms with Crippen LogP contribution in [-0.4, -0.2) is 31.9 Å². The first-order chi connectivity index (χ1) is 15.0. The molecular weight excluding hydrogens is 408 g/mol. The van der Waals surface area contributed by atoms with Crippen LogP contribution in [0.4, 0.5) is 14.6 Å². The van der Waals surface area contributed by atoms with Crippen molar-refractivity contribution in [1.29, 1.82) is 0 Å². The van der Waals surface area contributed by atoms with Gasteiger partial charge in [-0.2, -0.15) is 10.1 Å². The summed E-state index contributed by atoms with van der Waals surface area (Å²) in [6.45, 7) is 3.89. The van der Waals surface area contributed by atoms with Crippen molar-refractivity contribution in [2.75, 3.05) is 11.4 Å². The second-order valence-electron chi connectivity index (χ2n) is 7.65. The van der Waals surface area contributed by atoms with Crippen molar-refractivity contribution < 1.29 is 18.3 Å². The van der Waals surface area contributed by atoms with Gasteiger partial charge in [-0.3, -0.25) is 9.25 Å². The molecule has 10 heteroatoms. The molecule has 1 atom stereocenters. The van der Waals surface area contributed by atoms with Gasteiger partial charge in [0.2, 0.25) is 5.88 Å². The van der Waals surface area contributed by atoms with Gasteiger partial charge >= 0.3 is 5.69 Å². The minimum absolute atomic E-state index is 0.136. The van der Waals surface area contributed by atoms with E-state index in [0.717, 1.165) is 37.3 Å². The molecule has 1 unspecified atom stereocenters. The first kappa shape index (κ1) is 19.5. The van der Waals surface area contributed by atoms with Crippen LogP contribution < -0.4 is 20.1 Å². The Hall–Kier alpha value is -3.43. The average Bonchev–Trinajstić information content (AvgIpc) is 3.46. The molecule has 2 aliphatic heterocycles. The number of ether oxygens (including phenoxy) is 2. The lowest BCUT2D eigenvalue weighted by molar-refractivity contribution is 0.289. The van der Waals surface area contributed by atoms with Gasteiger partial charge in [-0.05, 0) is 37.5 Å². The van der Waals surface area contributed by atoms with E-state index in [9.17, 15) is 13.6 Å². The Balaban J connectivity index is 1.32. The van der Waals surface area contributed by atoms with E-state index in [4.69, 9.17) is 9.47 Å². The molecular formula is C21H21F2N5O3. The van der Waals surface area contributed by atoms with Crippen molar-refractivity contribution in [2.45, 2.75) is 45.5 Å². The summed E-state index contributed by atoms with van der Waals surface area (Å²) in [5, 5.41) is 4.01. The number of benzene rings is 1. The second-order valence-corrected chi connectivity index (χ2v) is 7.65. The maximum absolute atomic E-state index is 14.5. The van der Waals surface area contributed by atoms with E-state index in [1.165, 1.54) is 6.20 Å². The number of nitrogens with zero attached hydrogens (tertiary/aromatic N) is 5. The van der Waals surface area contributed by atoms with Crippen molar-refractivity contribution in [3.05, 3.63) is 58.3 Å². The maximum atomic E-state index is 14.5. The summed E-state index contributed by atoms with van der Waals surface area (Å²) in [5.41, 5.74) is -0.122. The van der Waals surface area contributed by atoms with Gasteiger partial charge in [-0.25, -0.2) is 13.6 Å². The largest absolute Gasteiger partial charge is 0.473 e. The van der Waals surface area contributed by atoms with Crippen molar-refractivity contribution >= 4 is 5.82 Å². The first-order valence-electron chi connectivity index (χ1n) is 10.2. The number of aromatic nitrogens is 4. The molecule has 1 aromatic carbocycles. The van der Waals surface area contributed by atoms with Gasteiger partial charge < -0.3 is 14.4 Å². The van der Waals surface area contributed by atoms with Crippen LogP contribution in [-0.2, 0) is 19.7 Å². The molecule has 0 spiro atoms. The fraction of sp³-hybridized carbons (Fsp3) is 0.381.